The Hall–Kier alpha value is -1.13. The van der Waals surface area contributed by atoms with Gasteiger partial charge in [-0.05, 0) is 37.3 Å². The minimum absolute atomic E-state index is 0.196. The quantitative estimate of drug-likeness (QED) is 0.785. The van der Waals surface area contributed by atoms with Crippen LogP contribution in [0.25, 0.3) is 0 Å². The standard InChI is InChI=1S/C14H18ClNO2S/c1-3-18-14(17)10-16-13(19-2)9-6-11-4-7-12(15)8-5-11/h4-5,7-9,16H,3,6,10H2,1-2H3/b13-9+. The highest BCUT2D eigenvalue weighted by Gasteiger charge is 2.02. The highest BCUT2D eigenvalue weighted by molar-refractivity contribution is 8.02. The summed E-state index contributed by atoms with van der Waals surface area (Å²) in [6.45, 7) is 2.40. The van der Waals surface area contributed by atoms with Crippen LogP contribution in [0, 0.1) is 0 Å². The van der Waals surface area contributed by atoms with Crippen LogP contribution in [-0.2, 0) is 16.0 Å². The van der Waals surface area contributed by atoms with Crippen molar-refractivity contribution in [2.75, 3.05) is 19.4 Å². The first-order chi connectivity index (χ1) is 9.15. The van der Waals surface area contributed by atoms with Gasteiger partial charge in [-0.2, -0.15) is 0 Å². The Kier molecular flexibility index (Phi) is 7.45. The predicted molar refractivity (Wildman–Crippen MR) is 81.4 cm³/mol. The Morgan fingerprint density at radius 1 is 1.42 bits per heavy atom. The molecule has 0 bridgehead atoms. The van der Waals surface area contributed by atoms with E-state index in [-0.39, 0.29) is 12.5 Å². The monoisotopic (exact) mass is 299 g/mol. The molecule has 5 heteroatoms. The molecule has 0 heterocycles. The van der Waals surface area contributed by atoms with Gasteiger partial charge in [0.25, 0.3) is 0 Å². The second-order valence-corrected chi connectivity index (χ2v) is 5.05. The van der Waals surface area contributed by atoms with Gasteiger partial charge in [-0.25, -0.2) is 0 Å². The van der Waals surface area contributed by atoms with Gasteiger partial charge in [0.2, 0.25) is 0 Å². The molecule has 0 aromatic heterocycles. The third-order valence-electron chi connectivity index (χ3n) is 2.37. The van der Waals surface area contributed by atoms with E-state index in [2.05, 4.69) is 5.32 Å². The average molecular weight is 300 g/mol. The summed E-state index contributed by atoms with van der Waals surface area (Å²) in [5.41, 5.74) is 1.17. The number of carbonyl (C=O) groups excluding carboxylic acids is 1. The molecule has 0 spiro atoms. The lowest BCUT2D eigenvalue weighted by Crippen LogP contribution is -2.23. The number of thioether (sulfide) groups is 1. The third kappa shape index (κ3) is 6.55. The summed E-state index contributed by atoms with van der Waals surface area (Å²) in [6.07, 6.45) is 4.81. The zero-order valence-electron chi connectivity index (χ0n) is 11.1. The molecule has 0 aliphatic heterocycles. The molecule has 19 heavy (non-hydrogen) atoms. The largest absolute Gasteiger partial charge is 0.465 e. The average Bonchev–Trinajstić information content (AvgIpc) is 2.41. The van der Waals surface area contributed by atoms with E-state index in [0.717, 1.165) is 16.5 Å². The van der Waals surface area contributed by atoms with Gasteiger partial charge in [0, 0.05) is 5.02 Å². The Morgan fingerprint density at radius 2 is 2.11 bits per heavy atom. The number of allylic oxidation sites excluding steroid dienone is 1. The number of rotatable bonds is 7. The van der Waals surface area contributed by atoms with Crippen LogP contribution in [-0.4, -0.2) is 25.4 Å². The van der Waals surface area contributed by atoms with Gasteiger partial charge in [-0.15, -0.1) is 11.8 Å². The number of nitrogens with one attached hydrogen (secondary N) is 1. The summed E-state index contributed by atoms with van der Waals surface area (Å²) in [4.78, 5) is 11.2. The zero-order valence-corrected chi connectivity index (χ0v) is 12.7. The minimum Gasteiger partial charge on any atom is -0.465 e. The molecular formula is C14H18ClNO2S. The maximum Gasteiger partial charge on any atom is 0.325 e. The predicted octanol–water partition coefficient (Wildman–Crippen LogP) is 3.24. The first kappa shape index (κ1) is 15.9. The smallest absolute Gasteiger partial charge is 0.325 e. The molecule has 0 radical (unpaired) electrons. The van der Waals surface area contributed by atoms with Crippen molar-refractivity contribution in [2.24, 2.45) is 0 Å². The Morgan fingerprint density at radius 3 is 2.68 bits per heavy atom. The van der Waals surface area contributed by atoms with Gasteiger partial charge >= 0.3 is 5.97 Å². The molecule has 0 atom stereocenters. The maximum absolute atomic E-state index is 11.2. The van der Waals surface area contributed by atoms with Crippen LogP contribution in [0.15, 0.2) is 35.4 Å². The molecule has 1 rings (SSSR count). The number of esters is 1. The Labute approximate surface area is 123 Å². The Bertz CT molecular complexity index is 432. The summed E-state index contributed by atoms with van der Waals surface area (Å²) in [5, 5.41) is 4.75. The molecular weight excluding hydrogens is 282 g/mol. The minimum atomic E-state index is -0.242. The molecule has 0 aliphatic rings. The second-order valence-electron chi connectivity index (χ2n) is 3.76. The number of hydrogen-bond donors (Lipinski definition) is 1. The number of hydrogen-bond acceptors (Lipinski definition) is 4. The van der Waals surface area contributed by atoms with Crippen LogP contribution in [0.1, 0.15) is 12.5 Å². The van der Waals surface area contributed by atoms with E-state index < -0.39 is 0 Å². The summed E-state index contributed by atoms with van der Waals surface area (Å²) < 4.78 is 4.86. The van der Waals surface area contributed by atoms with E-state index in [1.54, 1.807) is 18.7 Å². The fourth-order valence-electron chi connectivity index (χ4n) is 1.43. The van der Waals surface area contributed by atoms with Gasteiger partial charge in [0.15, 0.2) is 0 Å². The second kappa shape index (κ2) is 8.88. The molecule has 0 amide bonds. The molecule has 3 nitrogen and oxygen atoms in total. The van der Waals surface area contributed by atoms with Gasteiger partial charge < -0.3 is 10.1 Å². The van der Waals surface area contributed by atoms with Crippen molar-refractivity contribution in [1.82, 2.24) is 5.32 Å². The molecule has 104 valence electrons. The van der Waals surface area contributed by atoms with E-state index in [4.69, 9.17) is 16.3 Å². The Balaban J connectivity index is 2.47. The van der Waals surface area contributed by atoms with Crippen LogP contribution in [0.2, 0.25) is 5.02 Å². The van der Waals surface area contributed by atoms with Crippen LogP contribution < -0.4 is 5.32 Å². The summed E-state index contributed by atoms with van der Waals surface area (Å²) in [6, 6.07) is 7.72. The lowest BCUT2D eigenvalue weighted by molar-refractivity contribution is -0.141. The van der Waals surface area contributed by atoms with Gasteiger partial charge in [0.1, 0.15) is 6.54 Å². The van der Waals surface area contributed by atoms with Crippen molar-refractivity contribution in [3.8, 4) is 0 Å². The van der Waals surface area contributed by atoms with Crippen molar-refractivity contribution in [3.63, 3.8) is 0 Å². The van der Waals surface area contributed by atoms with E-state index in [1.807, 2.05) is 36.6 Å². The lowest BCUT2D eigenvalue weighted by Gasteiger charge is -2.08. The van der Waals surface area contributed by atoms with Crippen molar-refractivity contribution in [1.29, 1.82) is 0 Å². The molecule has 0 saturated heterocycles. The van der Waals surface area contributed by atoms with Crippen LogP contribution in [0.3, 0.4) is 0 Å². The van der Waals surface area contributed by atoms with Crippen molar-refractivity contribution in [3.05, 3.63) is 46.0 Å². The topological polar surface area (TPSA) is 38.3 Å². The summed E-state index contributed by atoms with van der Waals surface area (Å²) >= 11 is 7.40. The van der Waals surface area contributed by atoms with E-state index in [0.29, 0.717) is 6.61 Å². The highest BCUT2D eigenvalue weighted by Crippen LogP contribution is 2.13. The van der Waals surface area contributed by atoms with Crippen LogP contribution in [0.5, 0.6) is 0 Å². The molecule has 0 saturated carbocycles. The van der Waals surface area contributed by atoms with E-state index in [9.17, 15) is 4.79 Å². The molecule has 0 fully saturated rings. The van der Waals surface area contributed by atoms with Crippen molar-refractivity contribution < 1.29 is 9.53 Å². The molecule has 1 aromatic carbocycles. The van der Waals surface area contributed by atoms with Gasteiger partial charge in [-0.3, -0.25) is 4.79 Å². The third-order valence-corrected chi connectivity index (χ3v) is 3.37. The van der Waals surface area contributed by atoms with Gasteiger partial charge in [-0.1, -0.05) is 29.8 Å². The number of benzene rings is 1. The number of carbonyl (C=O) groups is 1. The molecule has 1 aromatic rings. The lowest BCUT2D eigenvalue weighted by atomic mass is 10.1. The zero-order chi connectivity index (χ0) is 14.1. The molecule has 0 unspecified atom stereocenters. The van der Waals surface area contributed by atoms with Crippen molar-refractivity contribution >= 4 is 29.3 Å². The van der Waals surface area contributed by atoms with E-state index in [1.165, 1.54) is 5.56 Å². The summed E-state index contributed by atoms with van der Waals surface area (Å²) in [7, 11) is 0. The molecule has 0 aliphatic carbocycles. The maximum atomic E-state index is 11.2. The first-order valence-electron chi connectivity index (χ1n) is 6.03. The fourth-order valence-corrected chi connectivity index (χ4v) is 2.02. The normalized spacial score (nSPS) is 11.2. The van der Waals surface area contributed by atoms with Crippen LogP contribution in [0.4, 0.5) is 0 Å². The number of ether oxygens (including phenoxy) is 1. The fraction of sp³-hybridized carbons (Fsp3) is 0.357. The number of halogens is 1. The molecule has 1 N–H and O–H groups in total. The highest BCUT2D eigenvalue weighted by atomic mass is 35.5. The SMILES string of the molecule is CCOC(=O)CN/C(=C\Cc1ccc(Cl)cc1)SC. The van der Waals surface area contributed by atoms with Crippen LogP contribution >= 0.6 is 23.4 Å². The van der Waals surface area contributed by atoms with E-state index >= 15 is 0 Å². The first-order valence-corrected chi connectivity index (χ1v) is 7.64. The summed E-state index contributed by atoms with van der Waals surface area (Å²) in [5.74, 6) is -0.242. The van der Waals surface area contributed by atoms with Gasteiger partial charge in [0.05, 0.1) is 11.6 Å². The van der Waals surface area contributed by atoms with Crippen molar-refractivity contribution in [2.45, 2.75) is 13.3 Å².